The van der Waals surface area contributed by atoms with Crippen molar-refractivity contribution in [2.24, 2.45) is 11.8 Å². The van der Waals surface area contributed by atoms with Crippen LogP contribution in [-0.2, 0) is 22.9 Å². The largest absolute Gasteiger partial charge is 0.493 e. The predicted molar refractivity (Wildman–Crippen MR) is 114 cm³/mol. The van der Waals surface area contributed by atoms with E-state index in [2.05, 4.69) is 4.98 Å². The number of sulfone groups is 1. The van der Waals surface area contributed by atoms with Crippen LogP contribution >= 0.6 is 0 Å². The van der Waals surface area contributed by atoms with Crippen molar-refractivity contribution in [1.82, 2.24) is 14.3 Å². The average molecular weight is 454 g/mol. The number of aromatic amines is 1. The molecule has 0 bridgehead atoms. The molecule has 0 unspecified atom stereocenters. The van der Waals surface area contributed by atoms with Gasteiger partial charge in [0.2, 0.25) is 0 Å². The molecule has 31 heavy (non-hydrogen) atoms. The van der Waals surface area contributed by atoms with Crippen LogP contribution in [0.2, 0.25) is 0 Å². The molecule has 0 radical (unpaired) electrons. The van der Waals surface area contributed by atoms with Gasteiger partial charge in [-0.2, -0.15) is 0 Å². The van der Waals surface area contributed by atoms with Gasteiger partial charge in [-0.3, -0.25) is 4.98 Å². The topological polar surface area (TPSA) is 103 Å². The quantitative estimate of drug-likeness (QED) is 0.592. The Morgan fingerprint density at radius 1 is 1.13 bits per heavy atom. The van der Waals surface area contributed by atoms with Crippen molar-refractivity contribution in [3.8, 4) is 5.75 Å². The standard InChI is InChI=1S/C21H28FN3O5S/c1-14(17-7-18(22)9-19(8-17)30-12-15-4-5-15)13-31(28,29)6-2-3-16-10-24-20(26)23-21(27)25(24)11-16/h7-9,14-16H,2-6,10-13H2,1H3,(H,23,26,27)/t14-/m0/s1. The van der Waals surface area contributed by atoms with Gasteiger partial charge in [0, 0.05) is 19.2 Å². The van der Waals surface area contributed by atoms with Gasteiger partial charge in [0.1, 0.15) is 11.6 Å². The minimum atomic E-state index is -3.34. The zero-order valence-corrected chi connectivity index (χ0v) is 18.4. The third kappa shape index (κ3) is 5.47. The first-order valence-electron chi connectivity index (χ1n) is 10.7. The molecule has 170 valence electrons. The number of H-pyrrole nitrogens is 1. The number of nitrogens with zero attached hydrogens (tertiary/aromatic N) is 2. The van der Waals surface area contributed by atoms with Crippen molar-refractivity contribution in [2.45, 2.75) is 51.6 Å². The van der Waals surface area contributed by atoms with E-state index in [1.165, 1.54) is 21.5 Å². The molecule has 1 atom stereocenters. The van der Waals surface area contributed by atoms with E-state index < -0.39 is 27.0 Å². The molecular weight excluding hydrogens is 425 g/mol. The molecule has 2 aromatic rings. The predicted octanol–water partition coefficient (Wildman–Crippen LogP) is 1.89. The summed E-state index contributed by atoms with van der Waals surface area (Å²) in [5.41, 5.74) is -0.239. The molecule has 0 amide bonds. The molecule has 1 aromatic carbocycles. The van der Waals surface area contributed by atoms with E-state index in [1.807, 2.05) is 0 Å². The summed E-state index contributed by atoms with van der Waals surface area (Å²) in [6, 6.07) is 4.43. The fourth-order valence-corrected chi connectivity index (χ4v) is 5.86. The van der Waals surface area contributed by atoms with Gasteiger partial charge in [-0.25, -0.2) is 31.8 Å². The van der Waals surface area contributed by atoms with Gasteiger partial charge in [0.05, 0.1) is 18.1 Å². The number of halogens is 1. The summed E-state index contributed by atoms with van der Waals surface area (Å²) in [6.07, 6.45) is 3.34. The zero-order valence-electron chi connectivity index (χ0n) is 17.5. The molecule has 2 heterocycles. The van der Waals surface area contributed by atoms with Crippen LogP contribution in [0.4, 0.5) is 4.39 Å². The van der Waals surface area contributed by atoms with Gasteiger partial charge in [0.15, 0.2) is 9.84 Å². The van der Waals surface area contributed by atoms with E-state index in [-0.39, 0.29) is 23.3 Å². The third-order valence-electron chi connectivity index (χ3n) is 6.05. The Kier molecular flexibility index (Phi) is 6.09. The normalized spacial score (nSPS) is 17.6. The molecule has 0 saturated heterocycles. The maximum atomic E-state index is 14.0. The summed E-state index contributed by atoms with van der Waals surface area (Å²) in [6.45, 7) is 3.18. The molecule has 1 saturated carbocycles. The van der Waals surface area contributed by atoms with Crippen LogP contribution in [-0.4, -0.2) is 40.9 Å². The van der Waals surface area contributed by atoms with Gasteiger partial charge < -0.3 is 4.74 Å². The molecule has 1 aromatic heterocycles. The number of ether oxygens (including phenoxy) is 1. The highest BCUT2D eigenvalue weighted by Gasteiger charge is 2.26. The first-order chi connectivity index (χ1) is 14.7. The van der Waals surface area contributed by atoms with Crippen LogP contribution in [0.3, 0.4) is 0 Å². The molecule has 1 fully saturated rings. The summed E-state index contributed by atoms with van der Waals surface area (Å²) in [5.74, 6) is 0.233. The maximum Gasteiger partial charge on any atom is 0.344 e. The zero-order chi connectivity index (χ0) is 22.2. The Labute approximate surface area is 179 Å². The highest BCUT2D eigenvalue weighted by molar-refractivity contribution is 7.91. The van der Waals surface area contributed by atoms with Crippen molar-refractivity contribution in [3.63, 3.8) is 0 Å². The van der Waals surface area contributed by atoms with E-state index in [9.17, 15) is 22.4 Å². The van der Waals surface area contributed by atoms with E-state index in [0.717, 1.165) is 12.8 Å². The molecule has 8 nitrogen and oxygen atoms in total. The van der Waals surface area contributed by atoms with Crippen molar-refractivity contribution in [1.29, 1.82) is 0 Å². The van der Waals surface area contributed by atoms with Gasteiger partial charge >= 0.3 is 11.4 Å². The number of nitrogens with one attached hydrogen (secondary N) is 1. The lowest BCUT2D eigenvalue weighted by Crippen LogP contribution is -2.20. The van der Waals surface area contributed by atoms with Crippen LogP contribution < -0.4 is 16.1 Å². The number of hydrogen-bond acceptors (Lipinski definition) is 5. The number of hydrogen-bond donors (Lipinski definition) is 1. The summed E-state index contributed by atoms with van der Waals surface area (Å²) in [4.78, 5) is 25.5. The van der Waals surface area contributed by atoms with Crippen LogP contribution in [0, 0.1) is 17.7 Å². The van der Waals surface area contributed by atoms with Gasteiger partial charge in [-0.1, -0.05) is 6.92 Å². The Balaban J connectivity index is 1.29. The van der Waals surface area contributed by atoms with Crippen LogP contribution in [0.1, 0.15) is 44.1 Å². The van der Waals surface area contributed by atoms with Crippen LogP contribution in [0.5, 0.6) is 5.75 Å². The first kappa shape index (κ1) is 21.9. The van der Waals surface area contributed by atoms with E-state index in [4.69, 9.17) is 4.74 Å². The lowest BCUT2D eigenvalue weighted by molar-refractivity contribution is 0.298. The van der Waals surface area contributed by atoms with Crippen molar-refractivity contribution >= 4 is 9.84 Å². The van der Waals surface area contributed by atoms with Gasteiger partial charge in [0.25, 0.3) is 0 Å². The van der Waals surface area contributed by atoms with E-state index >= 15 is 0 Å². The van der Waals surface area contributed by atoms with Crippen molar-refractivity contribution < 1.29 is 17.5 Å². The molecule has 1 N–H and O–H groups in total. The maximum absolute atomic E-state index is 14.0. The minimum Gasteiger partial charge on any atom is -0.493 e. The molecular formula is C21H28FN3O5S. The van der Waals surface area contributed by atoms with Crippen LogP contribution in [0.25, 0.3) is 0 Å². The van der Waals surface area contributed by atoms with Crippen LogP contribution in [0.15, 0.2) is 27.8 Å². The molecule has 1 aliphatic carbocycles. The second-order valence-corrected chi connectivity index (χ2v) is 11.1. The summed E-state index contributed by atoms with van der Waals surface area (Å²) < 4.78 is 47.6. The molecule has 1 aliphatic heterocycles. The highest BCUT2D eigenvalue weighted by atomic mass is 32.2. The highest BCUT2D eigenvalue weighted by Crippen LogP contribution is 2.31. The average Bonchev–Trinajstić information content (AvgIpc) is 3.36. The van der Waals surface area contributed by atoms with Crippen molar-refractivity contribution in [2.75, 3.05) is 18.1 Å². The third-order valence-corrected chi connectivity index (χ3v) is 7.97. The lowest BCUT2D eigenvalue weighted by atomic mass is 10.0. The second-order valence-electron chi connectivity index (χ2n) is 8.90. The SMILES string of the molecule is C[C@@H](CS(=O)(=O)CCCC1Cn2c(=O)[nH]c(=O)n2C1)c1cc(F)cc(OCC2CC2)c1. The van der Waals surface area contributed by atoms with Gasteiger partial charge in [-0.05, 0) is 61.1 Å². The first-order valence-corrected chi connectivity index (χ1v) is 12.6. The fourth-order valence-electron chi connectivity index (χ4n) is 4.14. The summed E-state index contributed by atoms with van der Waals surface area (Å²) in [7, 11) is -3.34. The molecule has 2 aliphatic rings. The minimum absolute atomic E-state index is 0.0222. The second kappa shape index (κ2) is 8.64. The lowest BCUT2D eigenvalue weighted by Gasteiger charge is -2.15. The number of benzene rings is 1. The summed E-state index contributed by atoms with van der Waals surface area (Å²) >= 11 is 0. The Morgan fingerprint density at radius 3 is 2.45 bits per heavy atom. The van der Waals surface area contributed by atoms with E-state index in [1.54, 1.807) is 13.0 Å². The Hall–Kier alpha value is -2.36. The number of fused-ring (bicyclic) bond motifs is 1. The van der Waals surface area contributed by atoms with E-state index in [0.29, 0.717) is 49.8 Å². The molecule has 4 rings (SSSR count). The monoisotopic (exact) mass is 453 g/mol. The van der Waals surface area contributed by atoms with Crippen molar-refractivity contribution in [3.05, 3.63) is 50.5 Å². The number of aromatic nitrogens is 3. The number of rotatable bonds is 10. The Morgan fingerprint density at radius 2 is 1.81 bits per heavy atom. The Bertz CT molecular complexity index is 1130. The molecule has 0 spiro atoms. The smallest absolute Gasteiger partial charge is 0.344 e. The van der Waals surface area contributed by atoms with Gasteiger partial charge in [-0.15, -0.1) is 0 Å². The molecule has 10 heteroatoms. The summed E-state index contributed by atoms with van der Waals surface area (Å²) in [5, 5.41) is 0. The fraction of sp³-hybridized carbons (Fsp3) is 0.619.